The van der Waals surface area contributed by atoms with E-state index in [2.05, 4.69) is 44.6 Å². The summed E-state index contributed by atoms with van der Waals surface area (Å²) in [5.74, 6) is -0.332. The lowest BCUT2D eigenvalue weighted by Crippen LogP contribution is -2.41. The SMILES string of the molecule is COC(=O)\C=C(C)/C=C/C=C(C)\C=C\C12OC1(C)CCCC2(C)C. The molecule has 0 N–H and O–H groups in total. The van der Waals surface area contributed by atoms with Crippen LogP contribution in [0.1, 0.15) is 53.9 Å². The molecule has 132 valence electrons. The van der Waals surface area contributed by atoms with Crippen LogP contribution in [0, 0.1) is 5.41 Å². The van der Waals surface area contributed by atoms with Gasteiger partial charge in [-0.1, -0.05) is 43.7 Å². The zero-order chi connectivity index (χ0) is 18.0. The highest BCUT2D eigenvalue weighted by molar-refractivity contribution is 5.83. The fourth-order valence-electron chi connectivity index (χ4n) is 3.86. The summed E-state index contributed by atoms with van der Waals surface area (Å²) in [4.78, 5) is 11.2. The van der Waals surface area contributed by atoms with Crippen LogP contribution in [0.25, 0.3) is 0 Å². The van der Waals surface area contributed by atoms with Crippen molar-refractivity contribution >= 4 is 5.97 Å². The summed E-state index contributed by atoms with van der Waals surface area (Å²) in [6.07, 6.45) is 15.3. The van der Waals surface area contributed by atoms with Crippen LogP contribution < -0.4 is 0 Å². The van der Waals surface area contributed by atoms with Gasteiger partial charge in [0.05, 0.1) is 12.7 Å². The van der Waals surface area contributed by atoms with E-state index in [0.29, 0.717) is 0 Å². The molecular formula is C21H30O3. The number of rotatable bonds is 5. The Morgan fingerprint density at radius 2 is 1.79 bits per heavy atom. The molecule has 0 amide bonds. The molecule has 0 aromatic heterocycles. The maximum atomic E-state index is 11.2. The molecule has 1 saturated carbocycles. The Bertz CT molecular complexity index is 621. The number of hydrogen-bond donors (Lipinski definition) is 0. The van der Waals surface area contributed by atoms with E-state index in [1.54, 1.807) is 0 Å². The van der Waals surface area contributed by atoms with E-state index < -0.39 is 0 Å². The lowest BCUT2D eigenvalue weighted by Gasteiger charge is -2.36. The maximum Gasteiger partial charge on any atom is 0.330 e. The van der Waals surface area contributed by atoms with E-state index in [4.69, 9.17) is 4.74 Å². The van der Waals surface area contributed by atoms with Gasteiger partial charge in [-0.3, -0.25) is 0 Å². The largest absolute Gasteiger partial charge is 0.466 e. The lowest BCUT2D eigenvalue weighted by atomic mass is 9.64. The molecule has 2 atom stereocenters. The molecule has 3 nitrogen and oxygen atoms in total. The van der Waals surface area contributed by atoms with Gasteiger partial charge in [-0.2, -0.15) is 0 Å². The third-order valence-electron chi connectivity index (χ3n) is 5.44. The molecule has 3 heteroatoms. The topological polar surface area (TPSA) is 38.8 Å². The van der Waals surface area contributed by atoms with E-state index in [-0.39, 0.29) is 22.6 Å². The summed E-state index contributed by atoms with van der Waals surface area (Å²) < 4.78 is 10.8. The number of esters is 1. The Morgan fingerprint density at radius 1 is 1.08 bits per heavy atom. The average molecular weight is 330 g/mol. The Balaban J connectivity index is 2.04. The second kappa shape index (κ2) is 6.72. The second-order valence-electron chi connectivity index (χ2n) is 7.82. The van der Waals surface area contributed by atoms with Gasteiger partial charge in [0.2, 0.25) is 0 Å². The molecule has 0 aromatic carbocycles. The minimum atomic E-state index is -0.332. The second-order valence-corrected chi connectivity index (χ2v) is 7.82. The number of carbonyl (C=O) groups is 1. The third-order valence-corrected chi connectivity index (χ3v) is 5.44. The van der Waals surface area contributed by atoms with Gasteiger partial charge < -0.3 is 9.47 Å². The molecule has 0 bridgehead atoms. The van der Waals surface area contributed by atoms with Crippen LogP contribution in [0.2, 0.25) is 0 Å². The highest BCUT2D eigenvalue weighted by Gasteiger charge is 2.73. The number of methoxy groups -OCH3 is 1. The van der Waals surface area contributed by atoms with E-state index in [1.165, 1.54) is 26.0 Å². The van der Waals surface area contributed by atoms with Gasteiger partial charge in [0.1, 0.15) is 5.60 Å². The molecule has 2 aliphatic rings. The van der Waals surface area contributed by atoms with Gasteiger partial charge in [0, 0.05) is 11.5 Å². The maximum absolute atomic E-state index is 11.2. The van der Waals surface area contributed by atoms with Crippen LogP contribution in [0.15, 0.2) is 47.6 Å². The van der Waals surface area contributed by atoms with Crippen molar-refractivity contribution in [3.05, 3.63) is 47.6 Å². The standard InChI is InChI=1S/C21H30O3/c1-16(9-7-10-17(2)15-18(22)23-6)11-14-21-19(3,4)12-8-13-20(21,5)24-21/h7,9-11,14-15H,8,12-13H2,1-6H3/b10-7+,14-11+,16-9-,17-15-. The van der Waals surface area contributed by atoms with Crippen molar-refractivity contribution in [1.82, 2.24) is 0 Å². The van der Waals surface area contributed by atoms with Crippen LogP contribution in [-0.4, -0.2) is 24.3 Å². The van der Waals surface area contributed by atoms with E-state index in [9.17, 15) is 4.79 Å². The van der Waals surface area contributed by atoms with E-state index in [1.807, 2.05) is 25.2 Å². The summed E-state index contributed by atoms with van der Waals surface area (Å²) >= 11 is 0. The normalized spacial score (nSPS) is 32.9. The van der Waals surface area contributed by atoms with Gasteiger partial charge in [-0.05, 0) is 51.7 Å². The molecule has 0 spiro atoms. The zero-order valence-corrected chi connectivity index (χ0v) is 15.8. The predicted octanol–water partition coefficient (Wildman–Crippen LogP) is 4.90. The Labute approximate surface area is 146 Å². The first-order valence-electron chi connectivity index (χ1n) is 8.66. The molecule has 1 saturated heterocycles. The van der Waals surface area contributed by atoms with Crippen LogP contribution in [0.4, 0.5) is 0 Å². The Kier molecular flexibility index (Phi) is 5.24. The quantitative estimate of drug-likeness (QED) is 0.311. The number of ether oxygens (including phenoxy) is 2. The Morgan fingerprint density at radius 3 is 2.42 bits per heavy atom. The van der Waals surface area contributed by atoms with Gasteiger partial charge in [0.25, 0.3) is 0 Å². The number of fused-ring (bicyclic) bond motifs is 1. The number of carbonyl (C=O) groups excluding carboxylic acids is 1. The molecule has 2 unspecified atom stereocenters. The summed E-state index contributed by atoms with van der Waals surface area (Å²) in [5.41, 5.74) is 2.07. The first kappa shape index (κ1) is 18.7. The van der Waals surface area contributed by atoms with E-state index >= 15 is 0 Å². The molecule has 24 heavy (non-hydrogen) atoms. The Hall–Kier alpha value is -1.61. The van der Waals surface area contributed by atoms with Crippen molar-refractivity contribution in [3.8, 4) is 0 Å². The molecule has 2 rings (SSSR count). The fourth-order valence-corrected chi connectivity index (χ4v) is 3.86. The smallest absolute Gasteiger partial charge is 0.330 e. The van der Waals surface area contributed by atoms with Crippen molar-refractivity contribution in [3.63, 3.8) is 0 Å². The summed E-state index contributed by atoms with van der Waals surface area (Å²) in [7, 11) is 1.38. The first-order valence-corrected chi connectivity index (χ1v) is 8.66. The van der Waals surface area contributed by atoms with Crippen molar-refractivity contribution in [2.24, 2.45) is 5.41 Å². The minimum Gasteiger partial charge on any atom is -0.466 e. The van der Waals surface area contributed by atoms with Crippen molar-refractivity contribution in [2.45, 2.75) is 65.1 Å². The zero-order valence-electron chi connectivity index (χ0n) is 15.8. The number of epoxide rings is 1. The molecule has 1 aliphatic heterocycles. The highest BCUT2D eigenvalue weighted by Crippen LogP contribution is 2.66. The monoisotopic (exact) mass is 330 g/mol. The predicted molar refractivity (Wildman–Crippen MR) is 97.7 cm³/mol. The molecule has 2 fully saturated rings. The van der Waals surface area contributed by atoms with Crippen LogP contribution >= 0.6 is 0 Å². The lowest BCUT2D eigenvalue weighted by molar-refractivity contribution is -0.134. The summed E-state index contributed by atoms with van der Waals surface area (Å²) in [6, 6.07) is 0. The molecule has 0 aromatic rings. The van der Waals surface area contributed by atoms with Gasteiger partial charge in [-0.15, -0.1) is 0 Å². The summed E-state index contributed by atoms with van der Waals surface area (Å²) in [6.45, 7) is 10.8. The van der Waals surface area contributed by atoms with Crippen molar-refractivity contribution < 1.29 is 14.3 Å². The molecule has 1 heterocycles. The van der Waals surface area contributed by atoms with Gasteiger partial charge in [0.15, 0.2) is 0 Å². The van der Waals surface area contributed by atoms with Gasteiger partial charge in [-0.25, -0.2) is 4.79 Å². The third kappa shape index (κ3) is 3.56. The summed E-state index contributed by atoms with van der Waals surface area (Å²) in [5, 5.41) is 0. The molecule has 1 aliphatic carbocycles. The number of hydrogen-bond acceptors (Lipinski definition) is 3. The molecule has 0 radical (unpaired) electrons. The fraction of sp³-hybridized carbons (Fsp3) is 0.571. The van der Waals surface area contributed by atoms with Crippen LogP contribution in [0.5, 0.6) is 0 Å². The molecular weight excluding hydrogens is 300 g/mol. The minimum absolute atomic E-state index is 0.00120. The van der Waals surface area contributed by atoms with Crippen molar-refractivity contribution in [1.29, 1.82) is 0 Å². The number of allylic oxidation sites excluding steroid dienone is 6. The van der Waals surface area contributed by atoms with Gasteiger partial charge >= 0.3 is 5.97 Å². The van der Waals surface area contributed by atoms with E-state index in [0.717, 1.165) is 17.6 Å². The van der Waals surface area contributed by atoms with Crippen LogP contribution in [0.3, 0.4) is 0 Å². The highest BCUT2D eigenvalue weighted by atomic mass is 16.6. The first-order chi connectivity index (χ1) is 11.2. The van der Waals surface area contributed by atoms with Crippen molar-refractivity contribution in [2.75, 3.05) is 7.11 Å². The van der Waals surface area contributed by atoms with Crippen LogP contribution in [-0.2, 0) is 14.3 Å². The average Bonchev–Trinajstić information content (AvgIpc) is 3.13.